The Hall–Kier alpha value is -3.40. The highest BCUT2D eigenvalue weighted by atomic mass is 16.5. The zero-order valence-electron chi connectivity index (χ0n) is 23.4. The molecule has 7 nitrogen and oxygen atoms in total. The first kappa shape index (κ1) is 30.1. The minimum Gasteiger partial charge on any atom is -0.508 e. The van der Waals surface area contributed by atoms with Crippen molar-refractivity contribution in [3.8, 4) is 23.4 Å². The van der Waals surface area contributed by atoms with Gasteiger partial charge < -0.3 is 25.0 Å². The van der Waals surface area contributed by atoms with Gasteiger partial charge in [-0.2, -0.15) is 5.26 Å². The zero-order chi connectivity index (χ0) is 28.3. The Balaban J connectivity index is 1.96. The number of unbranched alkanes of at least 4 members (excludes halogenated alkanes) is 7. The van der Waals surface area contributed by atoms with Crippen molar-refractivity contribution in [2.45, 2.75) is 102 Å². The Labute approximate surface area is 233 Å². The molecule has 0 bridgehead atoms. The Bertz CT molecular complexity index is 1100. The third-order valence-electron chi connectivity index (χ3n) is 8.13. The van der Waals surface area contributed by atoms with Crippen molar-refractivity contribution in [3.05, 3.63) is 53.6 Å². The number of fused-ring (bicyclic) bond motifs is 1. The van der Waals surface area contributed by atoms with Crippen LogP contribution in [0, 0.1) is 11.5 Å². The summed E-state index contributed by atoms with van der Waals surface area (Å²) in [5, 5.41) is 39.6. The molecule has 3 rings (SSSR count). The number of hydrogen-bond acceptors (Lipinski definition) is 6. The van der Waals surface area contributed by atoms with Crippen molar-refractivity contribution in [3.63, 3.8) is 0 Å². The molecule has 3 unspecified atom stereocenters. The van der Waals surface area contributed by atoms with Gasteiger partial charge in [0.1, 0.15) is 17.2 Å². The van der Waals surface area contributed by atoms with Crippen LogP contribution in [-0.2, 0) is 10.2 Å². The van der Waals surface area contributed by atoms with E-state index in [2.05, 4.69) is 20.0 Å². The molecule has 1 heterocycles. The van der Waals surface area contributed by atoms with Crippen molar-refractivity contribution >= 4 is 5.97 Å². The van der Waals surface area contributed by atoms with Gasteiger partial charge in [-0.1, -0.05) is 77.0 Å². The molecule has 2 aromatic carbocycles. The van der Waals surface area contributed by atoms with Gasteiger partial charge in [0.05, 0.1) is 6.61 Å². The fraction of sp³-hybridized carbons (Fsp3) is 0.562. The summed E-state index contributed by atoms with van der Waals surface area (Å²) in [5.74, 6) is 0.0132. The van der Waals surface area contributed by atoms with Gasteiger partial charge in [0.2, 0.25) is 0 Å². The van der Waals surface area contributed by atoms with E-state index < -0.39 is 11.4 Å². The Morgan fingerprint density at radius 2 is 1.69 bits per heavy atom. The van der Waals surface area contributed by atoms with Gasteiger partial charge >= 0.3 is 5.97 Å². The summed E-state index contributed by atoms with van der Waals surface area (Å²) in [6.45, 7) is 5.22. The fourth-order valence-electron chi connectivity index (χ4n) is 5.96. The number of carbonyl (C=O) groups is 1. The van der Waals surface area contributed by atoms with E-state index in [1.54, 1.807) is 24.3 Å². The van der Waals surface area contributed by atoms with Crippen molar-refractivity contribution < 1.29 is 24.9 Å². The quantitative estimate of drug-likeness (QED) is 0.119. The van der Waals surface area contributed by atoms with Crippen LogP contribution in [0.3, 0.4) is 0 Å². The van der Waals surface area contributed by atoms with E-state index in [0.717, 1.165) is 30.4 Å². The number of aromatic hydroxyl groups is 2. The minimum absolute atomic E-state index is 0.0896. The van der Waals surface area contributed by atoms with E-state index in [9.17, 15) is 20.3 Å². The lowest BCUT2D eigenvalue weighted by molar-refractivity contribution is -0.137. The van der Waals surface area contributed by atoms with Crippen molar-refractivity contribution in [1.82, 2.24) is 4.90 Å². The standard InChI is InChI=1S/C32H44N2O5/c1-3-4-5-6-7-8-9-12-28(34(23-33)20-11-10-13-30(37)38)31-27-19-18-26(36)21-29(27)39-22-32(31,2)24-14-16-25(35)17-15-24/h14-19,21,28,31,35-36H,3-13,20,22H2,1-2H3,(H,37,38). The number of aliphatic carboxylic acids is 1. The van der Waals surface area contributed by atoms with Crippen LogP contribution >= 0.6 is 0 Å². The van der Waals surface area contributed by atoms with Crippen LogP contribution in [0.25, 0.3) is 0 Å². The molecule has 2 aromatic rings. The maximum Gasteiger partial charge on any atom is 0.303 e. The zero-order valence-corrected chi connectivity index (χ0v) is 23.4. The van der Waals surface area contributed by atoms with E-state index in [0.29, 0.717) is 31.7 Å². The molecule has 39 heavy (non-hydrogen) atoms. The van der Waals surface area contributed by atoms with Crippen LogP contribution in [0.4, 0.5) is 0 Å². The first-order valence-corrected chi connectivity index (χ1v) is 14.4. The average molecular weight is 537 g/mol. The molecular weight excluding hydrogens is 492 g/mol. The lowest BCUT2D eigenvalue weighted by Crippen LogP contribution is -2.50. The number of nitrogens with zero attached hydrogens (tertiary/aromatic N) is 2. The fourth-order valence-corrected chi connectivity index (χ4v) is 5.96. The third kappa shape index (κ3) is 8.05. The predicted octanol–water partition coefficient (Wildman–Crippen LogP) is 7.08. The topological polar surface area (TPSA) is 114 Å². The molecule has 0 saturated heterocycles. The number of nitriles is 1. The van der Waals surface area contributed by atoms with Crippen molar-refractivity contribution in [1.29, 1.82) is 5.26 Å². The number of rotatable bonds is 16. The number of benzene rings is 2. The monoisotopic (exact) mass is 536 g/mol. The Morgan fingerprint density at radius 3 is 2.36 bits per heavy atom. The predicted molar refractivity (Wildman–Crippen MR) is 152 cm³/mol. The second-order valence-corrected chi connectivity index (χ2v) is 11.1. The highest BCUT2D eigenvalue weighted by Gasteiger charge is 2.48. The molecule has 0 radical (unpaired) electrons. The molecule has 0 fully saturated rings. The largest absolute Gasteiger partial charge is 0.508 e. The van der Waals surface area contributed by atoms with E-state index in [1.165, 1.54) is 32.1 Å². The van der Waals surface area contributed by atoms with Gasteiger partial charge in [0.15, 0.2) is 6.19 Å². The summed E-state index contributed by atoms with van der Waals surface area (Å²) in [7, 11) is 0. The second-order valence-electron chi connectivity index (χ2n) is 11.1. The summed E-state index contributed by atoms with van der Waals surface area (Å²) in [5.41, 5.74) is 1.46. The van der Waals surface area contributed by atoms with Crippen molar-refractivity contribution in [2.75, 3.05) is 13.2 Å². The Morgan fingerprint density at radius 1 is 1.03 bits per heavy atom. The minimum atomic E-state index is -0.823. The average Bonchev–Trinajstić information content (AvgIpc) is 2.91. The lowest BCUT2D eigenvalue weighted by Gasteiger charge is -2.48. The highest BCUT2D eigenvalue weighted by Crippen LogP contribution is 2.51. The number of ether oxygens (including phenoxy) is 1. The maximum atomic E-state index is 11.1. The van der Waals surface area contributed by atoms with E-state index in [-0.39, 0.29) is 29.9 Å². The molecule has 1 aliphatic rings. The molecule has 0 amide bonds. The second kappa shape index (κ2) is 14.7. The van der Waals surface area contributed by atoms with Crippen LogP contribution in [0.5, 0.6) is 17.2 Å². The lowest BCUT2D eigenvalue weighted by atomic mass is 9.64. The number of carboxylic acid groups (broad SMARTS) is 1. The molecule has 1 aliphatic heterocycles. The van der Waals surface area contributed by atoms with E-state index in [4.69, 9.17) is 9.84 Å². The molecule has 3 atom stereocenters. The molecule has 0 aliphatic carbocycles. The van der Waals surface area contributed by atoms with E-state index >= 15 is 0 Å². The summed E-state index contributed by atoms with van der Waals surface area (Å²) < 4.78 is 6.21. The molecule has 0 spiro atoms. The SMILES string of the molecule is CCCCCCCCCC(C1c2ccc(O)cc2OCC1(C)c1ccc(O)cc1)N(C#N)CCCCC(=O)O. The molecule has 0 saturated carbocycles. The van der Waals surface area contributed by atoms with Gasteiger partial charge in [-0.25, -0.2) is 0 Å². The number of phenolic OH excluding ortho intramolecular Hbond substituents is 2. The Kier molecular flexibility index (Phi) is 11.3. The van der Waals surface area contributed by atoms with Crippen LogP contribution < -0.4 is 4.74 Å². The van der Waals surface area contributed by atoms with Crippen molar-refractivity contribution in [2.24, 2.45) is 0 Å². The van der Waals surface area contributed by atoms with Gasteiger partial charge in [-0.15, -0.1) is 0 Å². The maximum absolute atomic E-state index is 11.1. The highest BCUT2D eigenvalue weighted by molar-refractivity contribution is 5.66. The van der Waals surface area contributed by atoms with Gasteiger partial charge in [0.25, 0.3) is 0 Å². The van der Waals surface area contributed by atoms with Crippen LogP contribution in [-0.4, -0.2) is 45.4 Å². The number of phenols is 2. The molecule has 212 valence electrons. The molecule has 7 heteroatoms. The molecular formula is C32H44N2O5. The first-order valence-electron chi connectivity index (χ1n) is 14.4. The third-order valence-corrected chi connectivity index (χ3v) is 8.13. The number of carboxylic acids is 1. The molecule has 3 N–H and O–H groups in total. The van der Waals surface area contributed by atoms with E-state index in [1.807, 2.05) is 23.1 Å². The summed E-state index contributed by atoms with van der Waals surface area (Å²) in [6, 6.07) is 12.3. The van der Waals surface area contributed by atoms with Crippen LogP contribution in [0.2, 0.25) is 0 Å². The van der Waals surface area contributed by atoms with Crippen LogP contribution in [0.1, 0.15) is 102 Å². The van der Waals surface area contributed by atoms with Gasteiger partial charge in [0, 0.05) is 42.0 Å². The smallest absolute Gasteiger partial charge is 0.303 e. The first-order chi connectivity index (χ1) is 18.8. The molecule has 0 aromatic heterocycles. The normalized spacial score (nSPS) is 18.9. The summed E-state index contributed by atoms with van der Waals surface area (Å²) in [4.78, 5) is 12.9. The summed E-state index contributed by atoms with van der Waals surface area (Å²) in [6.07, 6.45) is 12.7. The number of hydrogen-bond donors (Lipinski definition) is 3. The van der Waals surface area contributed by atoms with Crippen LogP contribution in [0.15, 0.2) is 42.5 Å². The van der Waals surface area contributed by atoms with Gasteiger partial charge in [-0.3, -0.25) is 4.79 Å². The summed E-state index contributed by atoms with van der Waals surface area (Å²) >= 11 is 0. The van der Waals surface area contributed by atoms with Gasteiger partial charge in [-0.05, 0) is 43.0 Å².